The van der Waals surface area contributed by atoms with Gasteiger partial charge in [0, 0.05) is 26.3 Å². The number of nitrogens with zero attached hydrogens (tertiary/aromatic N) is 1. The molecule has 0 spiro atoms. The van der Waals surface area contributed by atoms with E-state index in [9.17, 15) is 0 Å². The predicted molar refractivity (Wildman–Crippen MR) is 64.1 cm³/mol. The minimum absolute atomic E-state index is 0.697. The zero-order valence-electron chi connectivity index (χ0n) is 9.41. The molecule has 1 atom stereocenters. The summed E-state index contributed by atoms with van der Waals surface area (Å²) in [6, 6.07) is 0. The molecule has 0 N–H and O–H groups in total. The second kappa shape index (κ2) is 6.70. The van der Waals surface area contributed by atoms with Crippen LogP contribution in [0.25, 0.3) is 0 Å². The third kappa shape index (κ3) is 4.67. The van der Waals surface area contributed by atoms with Crippen LogP contribution in [0.2, 0.25) is 0 Å². The number of ether oxygens (including phenoxy) is 1. The van der Waals surface area contributed by atoms with Crippen LogP contribution in [0.1, 0.15) is 19.8 Å². The summed E-state index contributed by atoms with van der Waals surface area (Å²) in [5.41, 5.74) is 0. The summed E-state index contributed by atoms with van der Waals surface area (Å²) in [5, 5.41) is 0. The third-order valence-electron chi connectivity index (χ3n) is 2.85. The van der Waals surface area contributed by atoms with Crippen molar-refractivity contribution in [3.63, 3.8) is 0 Å². The van der Waals surface area contributed by atoms with Crippen molar-refractivity contribution in [1.82, 2.24) is 4.90 Å². The van der Waals surface area contributed by atoms with Crippen molar-refractivity contribution in [2.45, 2.75) is 19.8 Å². The molecule has 2 nitrogen and oxygen atoms in total. The second-order valence-corrected chi connectivity index (χ2v) is 4.93. The minimum atomic E-state index is 0.697. The first-order valence-electron chi connectivity index (χ1n) is 5.59. The summed E-state index contributed by atoms with van der Waals surface area (Å²) in [5.74, 6) is 2.53. The molecule has 14 heavy (non-hydrogen) atoms. The van der Waals surface area contributed by atoms with E-state index in [1.165, 1.54) is 25.9 Å². The zero-order chi connectivity index (χ0) is 10.4. The molecule has 84 valence electrons. The highest BCUT2D eigenvalue weighted by Gasteiger charge is 2.16. The molecular weight excluding hydrogens is 194 g/mol. The van der Waals surface area contributed by atoms with Crippen LogP contribution < -0.4 is 0 Å². The lowest BCUT2D eigenvalue weighted by Crippen LogP contribution is -2.32. The van der Waals surface area contributed by atoms with E-state index in [2.05, 4.69) is 31.5 Å². The first kappa shape index (κ1) is 12.3. The smallest absolute Gasteiger partial charge is 0.0469 e. The average Bonchev–Trinajstić information content (AvgIpc) is 2.19. The fourth-order valence-corrected chi connectivity index (χ4v) is 2.15. The Balaban J connectivity index is 2.14. The Morgan fingerprint density at radius 3 is 2.64 bits per heavy atom. The summed E-state index contributed by atoms with van der Waals surface area (Å²) in [7, 11) is 2.22. The fraction of sp³-hybridized carbons (Fsp3) is 1.00. The predicted octanol–water partition coefficient (Wildman–Crippen LogP) is 1.91. The maximum atomic E-state index is 5.35. The van der Waals surface area contributed by atoms with Crippen LogP contribution >= 0.6 is 12.6 Å². The second-order valence-electron chi connectivity index (χ2n) is 4.56. The van der Waals surface area contributed by atoms with Crippen molar-refractivity contribution in [1.29, 1.82) is 0 Å². The van der Waals surface area contributed by atoms with Crippen LogP contribution in [0.3, 0.4) is 0 Å². The third-order valence-corrected chi connectivity index (χ3v) is 3.47. The van der Waals surface area contributed by atoms with Gasteiger partial charge >= 0.3 is 0 Å². The number of rotatable bonds is 5. The summed E-state index contributed by atoms with van der Waals surface area (Å²) >= 11 is 4.31. The molecule has 0 bridgehead atoms. The quantitative estimate of drug-likeness (QED) is 0.706. The highest BCUT2D eigenvalue weighted by atomic mass is 32.1. The summed E-state index contributed by atoms with van der Waals surface area (Å²) < 4.78 is 5.35. The molecule has 1 saturated heterocycles. The monoisotopic (exact) mass is 217 g/mol. The zero-order valence-corrected chi connectivity index (χ0v) is 10.3. The van der Waals surface area contributed by atoms with Crippen LogP contribution in [0.4, 0.5) is 0 Å². The number of thiol groups is 1. The van der Waals surface area contributed by atoms with Crippen LogP contribution in [0.5, 0.6) is 0 Å². The molecule has 1 heterocycles. The van der Waals surface area contributed by atoms with E-state index in [1.54, 1.807) is 0 Å². The highest BCUT2D eigenvalue weighted by Crippen LogP contribution is 2.16. The molecule has 0 aromatic carbocycles. The molecule has 0 aliphatic carbocycles. The van der Waals surface area contributed by atoms with Crippen LogP contribution in [0, 0.1) is 11.8 Å². The standard InChI is InChI=1S/C11H23NOS/c1-10(9-14)7-12(2)8-11-3-5-13-6-4-11/h10-11,14H,3-9H2,1-2H3. The van der Waals surface area contributed by atoms with Crippen molar-refractivity contribution < 1.29 is 4.74 Å². The van der Waals surface area contributed by atoms with E-state index in [1.807, 2.05) is 0 Å². The van der Waals surface area contributed by atoms with Crippen LogP contribution in [-0.4, -0.2) is 44.0 Å². The summed E-state index contributed by atoms with van der Waals surface area (Å²) in [6.07, 6.45) is 2.47. The molecule has 1 rings (SSSR count). The molecule has 0 saturated carbocycles. The molecule has 1 unspecified atom stereocenters. The van der Waals surface area contributed by atoms with E-state index in [0.29, 0.717) is 5.92 Å². The number of hydrogen-bond donors (Lipinski definition) is 1. The maximum Gasteiger partial charge on any atom is 0.0469 e. The van der Waals surface area contributed by atoms with Crippen molar-refractivity contribution >= 4 is 12.6 Å². The van der Waals surface area contributed by atoms with E-state index < -0.39 is 0 Å². The van der Waals surface area contributed by atoms with Gasteiger partial charge in [-0.1, -0.05) is 6.92 Å². The van der Waals surface area contributed by atoms with Crippen molar-refractivity contribution in [2.75, 3.05) is 39.1 Å². The van der Waals surface area contributed by atoms with E-state index in [-0.39, 0.29) is 0 Å². The maximum absolute atomic E-state index is 5.35. The Kier molecular flexibility index (Phi) is 5.90. The molecule has 0 aromatic heterocycles. The van der Waals surface area contributed by atoms with Crippen LogP contribution in [0.15, 0.2) is 0 Å². The summed E-state index contributed by atoms with van der Waals surface area (Å²) in [6.45, 7) is 6.57. The van der Waals surface area contributed by atoms with Gasteiger partial charge in [-0.25, -0.2) is 0 Å². The van der Waals surface area contributed by atoms with Gasteiger partial charge in [0.15, 0.2) is 0 Å². The van der Waals surface area contributed by atoms with Gasteiger partial charge in [0.2, 0.25) is 0 Å². The van der Waals surface area contributed by atoms with Gasteiger partial charge in [0.05, 0.1) is 0 Å². The van der Waals surface area contributed by atoms with Crippen LogP contribution in [-0.2, 0) is 4.74 Å². The molecule has 1 aliphatic rings. The fourth-order valence-electron chi connectivity index (χ4n) is 2.03. The molecule has 3 heteroatoms. The average molecular weight is 217 g/mol. The molecule has 1 fully saturated rings. The molecule has 0 aromatic rings. The van der Waals surface area contributed by atoms with E-state index in [0.717, 1.165) is 24.9 Å². The normalized spacial score (nSPS) is 21.4. The van der Waals surface area contributed by atoms with Gasteiger partial charge in [-0.3, -0.25) is 0 Å². The lowest BCUT2D eigenvalue weighted by atomic mass is 9.99. The molecule has 0 amide bonds. The van der Waals surface area contributed by atoms with Gasteiger partial charge in [-0.15, -0.1) is 0 Å². The molecule has 1 aliphatic heterocycles. The van der Waals surface area contributed by atoms with E-state index in [4.69, 9.17) is 4.74 Å². The Morgan fingerprint density at radius 1 is 1.43 bits per heavy atom. The van der Waals surface area contributed by atoms with Crippen molar-refractivity contribution in [3.8, 4) is 0 Å². The Bertz CT molecular complexity index is 148. The van der Waals surface area contributed by atoms with E-state index >= 15 is 0 Å². The lowest BCUT2D eigenvalue weighted by Gasteiger charge is -2.28. The van der Waals surface area contributed by atoms with Gasteiger partial charge in [-0.05, 0) is 37.5 Å². The Labute approximate surface area is 93.4 Å². The molecular formula is C11H23NOS. The first-order chi connectivity index (χ1) is 6.72. The molecule has 0 radical (unpaired) electrons. The van der Waals surface area contributed by atoms with Crippen molar-refractivity contribution in [2.24, 2.45) is 11.8 Å². The Morgan fingerprint density at radius 2 is 2.07 bits per heavy atom. The van der Waals surface area contributed by atoms with Gasteiger partial charge < -0.3 is 9.64 Å². The van der Waals surface area contributed by atoms with Gasteiger partial charge in [0.1, 0.15) is 0 Å². The van der Waals surface area contributed by atoms with Crippen molar-refractivity contribution in [3.05, 3.63) is 0 Å². The first-order valence-corrected chi connectivity index (χ1v) is 6.22. The lowest BCUT2D eigenvalue weighted by molar-refractivity contribution is 0.0546. The summed E-state index contributed by atoms with van der Waals surface area (Å²) in [4.78, 5) is 2.44. The minimum Gasteiger partial charge on any atom is -0.381 e. The highest BCUT2D eigenvalue weighted by molar-refractivity contribution is 7.80. The SMILES string of the molecule is CC(CS)CN(C)CC1CCOCC1. The number of hydrogen-bond acceptors (Lipinski definition) is 3. The van der Waals surface area contributed by atoms with Gasteiger partial charge in [-0.2, -0.15) is 12.6 Å². The Hall–Kier alpha value is 0.270. The van der Waals surface area contributed by atoms with Gasteiger partial charge in [0.25, 0.3) is 0 Å². The largest absolute Gasteiger partial charge is 0.381 e. The topological polar surface area (TPSA) is 12.5 Å².